The molecule has 0 bridgehead atoms. The van der Waals surface area contributed by atoms with Gasteiger partial charge < -0.3 is 11.1 Å². The molecule has 2 aromatic carbocycles. The summed E-state index contributed by atoms with van der Waals surface area (Å²) in [6.45, 7) is 3.82. The Balaban J connectivity index is 1.91. The number of nitrogens with one attached hydrogen (secondary N) is 1. The van der Waals surface area contributed by atoms with Crippen LogP contribution in [0.4, 0.5) is 11.8 Å². The summed E-state index contributed by atoms with van der Waals surface area (Å²) in [5.41, 5.74) is 7.92. The molecule has 0 spiro atoms. The topological polar surface area (TPSA) is 85.8 Å². The Kier molecular flexibility index (Phi) is 4.94. The monoisotopic (exact) mass is 405 g/mol. The molecule has 0 fully saturated rings. The average Bonchev–Trinajstić information content (AvgIpc) is 2.67. The van der Waals surface area contributed by atoms with Crippen molar-refractivity contribution in [2.75, 3.05) is 11.1 Å². The van der Waals surface area contributed by atoms with E-state index in [1.165, 1.54) is 0 Å². The van der Waals surface area contributed by atoms with Gasteiger partial charge in [0.15, 0.2) is 0 Å². The number of nitrogens with zero attached hydrogens (tertiary/aromatic N) is 3. The smallest absolute Gasteiger partial charge is 0.264 e. The van der Waals surface area contributed by atoms with Gasteiger partial charge in [0.25, 0.3) is 5.56 Å². The molecule has 4 rings (SSSR count). The zero-order chi connectivity index (χ0) is 20.5. The number of aryl methyl sites for hydroxylation is 1. The van der Waals surface area contributed by atoms with Crippen molar-refractivity contribution in [3.05, 3.63) is 87.4 Å². The Morgan fingerprint density at radius 2 is 1.83 bits per heavy atom. The van der Waals surface area contributed by atoms with Crippen LogP contribution in [0.2, 0.25) is 5.02 Å². The van der Waals surface area contributed by atoms with Gasteiger partial charge in [-0.2, -0.15) is 4.98 Å². The standard InChI is InChI=1S/C22H20ClN5O/c1-13-11-19(27-22(24)25-13)26-14(2)18-12-15-7-6-10-17(23)20(15)21(29)28(18)16-8-4-3-5-9-16/h3-12,14H,1-2H3,(H3,24,25,26,27). The van der Waals surface area contributed by atoms with Gasteiger partial charge in [-0.15, -0.1) is 0 Å². The highest BCUT2D eigenvalue weighted by atomic mass is 35.5. The van der Waals surface area contributed by atoms with E-state index in [0.717, 1.165) is 22.5 Å². The maximum absolute atomic E-state index is 13.4. The van der Waals surface area contributed by atoms with Gasteiger partial charge in [-0.05, 0) is 43.5 Å². The van der Waals surface area contributed by atoms with E-state index in [0.29, 0.717) is 16.2 Å². The number of nitrogen functional groups attached to an aromatic ring is 1. The first-order valence-corrected chi connectivity index (χ1v) is 9.59. The number of benzene rings is 2. The van der Waals surface area contributed by atoms with Gasteiger partial charge in [0.2, 0.25) is 5.95 Å². The fourth-order valence-electron chi connectivity index (χ4n) is 3.46. The van der Waals surface area contributed by atoms with E-state index in [-0.39, 0.29) is 17.5 Å². The summed E-state index contributed by atoms with van der Waals surface area (Å²) in [5, 5.41) is 5.05. The fraction of sp³-hybridized carbons (Fsp3) is 0.136. The number of rotatable bonds is 4. The van der Waals surface area contributed by atoms with Crippen molar-refractivity contribution in [3.8, 4) is 5.69 Å². The maximum atomic E-state index is 13.4. The molecule has 146 valence electrons. The quantitative estimate of drug-likeness (QED) is 0.522. The van der Waals surface area contributed by atoms with E-state index in [1.54, 1.807) is 10.6 Å². The molecule has 0 aliphatic carbocycles. The molecule has 0 aliphatic rings. The van der Waals surface area contributed by atoms with Crippen molar-refractivity contribution in [1.82, 2.24) is 14.5 Å². The molecule has 3 N–H and O–H groups in total. The van der Waals surface area contributed by atoms with Gasteiger partial charge in [-0.3, -0.25) is 9.36 Å². The molecule has 0 saturated heterocycles. The van der Waals surface area contributed by atoms with Crippen LogP contribution >= 0.6 is 11.6 Å². The molecule has 1 atom stereocenters. The number of aromatic nitrogens is 3. The molecule has 2 aromatic heterocycles. The minimum atomic E-state index is -0.236. The highest BCUT2D eigenvalue weighted by molar-refractivity contribution is 6.35. The van der Waals surface area contributed by atoms with Crippen LogP contribution in [0.3, 0.4) is 0 Å². The molecule has 0 saturated carbocycles. The van der Waals surface area contributed by atoms with Gasteiger partial charge in [0, 0.05) is 23.1 Å². The van der Waals surface area contributed by atoms with Gasteiger partial charge in [-0.1, -0.05) is 41.9 Å². The predicted octanol–water partition coefficient (Wildman–Crippen LogP) is 4.50. The molecular formula is C22H20ClN5O. The summed E-state index contributed by atoms with van der Waals surface area (Å²) >= 11 is 6.36. The number of fused-ring (bicyclic) bond motifs is 1. The van der Waals surface area contributed by atoms with E-state index < -0.39 is 0 Å². The van der Waals surface area contributed by atoms with E-state index in [1.807, 2.05) is 68.4 Å². The van der Waals surface area contributed by atoms with Crippen molar-refractivity contribution < 1.29 is 0 Å². The summed E-state index contributed by atoms with van der Waals surface area (Å²) in [4.78, 5) is 21.8. The average molecular weight is 406 g/mol. The number of hydrogen-bond donors (Lipinski definition) is 2. The molecule has 4 aromatic rings. The second-order valence-corrected chi connectivity index (χ2v) is 7.28. The maximum Gasteiger partial charge on any atom is 0.264 e. The van der Waals surface area contributed by atoms with Crippen LogP contribution in [0.1, 0.15) is 24.4 Å². The largest absolute Gasteiger partial charge is 0.368 e. The highest BCUT2D eigenvalue weighted by Crippen LogP contribution is 2.27. The lowest BCUT2D eigenvalue weighted by Crippen LogP contribution is -2.26. The van der Waals surface area contributed by atoms with Crippen molar-refractivity contribution in [1.29, 1.82) is 0 Å². The van der Waals surface area contributed by atoms with Gasteiger partial charge >= 0.3 is 0 Å². The van der Waals surface area contributed by atoms with Crippen LogP contribution in [0, 0.1) is 6.92 Å². The molecule has 6 nitrogen and oxygen atoms in total. The lowest BCUT2D eigenvalue weighted by atomic mass is 10.1. The van der Waals surface area contributed by atoms with Crippen LogP contribution in [-0.4, -0.2) is 14.5 Å². The molecular weight excluding hydrogens is 386 g/mol. The SMILES string of the molecule is Cc1cc(NC(C)c2cc3cccc(Cl)c3c(=O)n2-c2ccccc2)nc(N)n1. The fourth-order valence-corrected chi connectivity index (χ4v) is 3.73. The van der Waals surface area contributed by atoms with E-state index >= 15 is 0 Å². The molecule has 2 heterocycles. The van der Waals surface area contributed by atoms with Gasteiger partial charge in [0.05, 0.1) is 16.5 Å². The zero-order valence-electron chi connectivity index (χ0n) is 16.1. The molecule has 0 radical (unpaired) electrons. The summed E-state index contributed by atoms with van der Waals surface area (Å²) < 4.78 is 1.68. The number of hydrogen-bond acceptors (Lipinski definition) is 5. The number of anilines is 2. The van der Waals surface area contributed by atoms with Crippen LogP contribution in [-0.2, 0) is 0 Å². The summed E-state index contributed by atoms with van der Waals surface area (Å²) in [6, 6.07) is 18.5. The number of nitrogens with two attached hydrogens (primary N) is 1. The number of pyridine rings is 1. The molecule has 7 heteroatoms. The van der Waals surface area contributed by atoms with E-state index in [9.17, 15) is 4.79 Å². The summed E-state index contributed by atoms with van der Waals surface area (Å²) in [6.07, 6.45) is 0. The van der Waals surface area contributed by atoms with Crippen LogP contribution in [0.25, 0.3) is 16.5 Å². The van der Waals surface area contributed by atoms with E-state index in [2.05, 4.69) is 15.3 Å². The Bertz CT molecular complexity index is 1230. The van der Waals surface area contributed by atoms with Gasteiger partial charge in [-0.25, -0.2) is 4.98 Å². The third kappa shape index (κ3) is 3.67. The Morgan fingerprint density at radius 1 is 1.07 bits per heavy atom. The Labute approximate surface area is 173 Å². The first kappa shape index (κ1) is 19.0. The second-order valence-electron chi connectivity index (χ2n) is 6.87. The van der Waals surface area contributed by atoms with Crippen molar-refractivity contribution in [2.24, 2.45) is 0 Å². The third-order valence-corrected chi connectivity index (χ3v) is 5.03. The first-order valence-electron chi connectivity index (χ1n) is 9.21. The zero-order valence-corrected chi connectivity index (χ0v) is 16.8. The van der Waals surface area contributed by atoms with Crippen LogP contribution < -0.4 is 16.6 Å². The number of para-hydroxylation sites is 1. The number of halogens is 1. The Hall–Kier alpha value is -3.38. The predicted molar refractivity (Wildman–Crippen MR) is 118 cm³/mol. The summed E-state index contributed by atoms with van der Waals surface area (Å²) in [5.74, 6) is 0.797. The van der Waals surface area contributed by atoms with Crippen molar-refractivity contribution in [2.45, 2.75) is 19.9 Å². The molecule has 29 heavy (non-hydrogen) atoms. The normalized spacial score (nSPS) is 12.1. The molecule has 1 unspecified atom stereocenters. The first-order chi connectivity index (χ1) is 13.9. The summed E-state index contributed by atoms with van der Waals surface area (Å²) in [7, 11) is 0. The van der Waals surface area contributed by atoms with Gasteiger partial charge in [0.1, 0.15) is 5.82 Å². The van der Waals surface area contributed by atoms with Crippen LogP contribution in [0.5, 0.6) is 0 Å². The minimum Gasteiger partial charge on any atom is -0.368 e. The van der Waals surface area contributed by atoms with Crippen LogP contribution in [0.15, 0.2) is 65.5 Å². The highest BCUT2D eigenvalue weighted by Gasteiger charge is 2.18. The van der Waals surface area contributed by atoms with E-state index in [4.69, 9.17) is 17.3 Å². The molecule has 0 aliphatic heterocycles. The van der Waals surface area contributed by atoms with Crippen molar-refractivity contribution in [3.63, 3.8) is 0 Å². The van der Waals surface area contributed by atoms with Crippen molar-refractivity contribution >= 4 is 34.1 Å². The lowest BCUT2D eigenvalue weighted by molar-refractivity contribution is 0.772. The lowest BCUT2D eigenvalue weighted by Gasteiger charge is -2.21. The molecule has 0 amide bonds. The minimum absolute atomic E-state index is 0.165. The second kappa shape index (κ2) is 7.56. The third-order valence-electron chi connectivity index (χ3n) is 4.72. The Morgan fingerprint density at radius 3 is 2.55 bits per heavy atom.